The van der Waals surface area contributed by atoms with Crippen LogP contribution in [0, 0.1) is 0 Å². The van der Waals surface area contributed by atoms with Gasteiger partial charge in [-0.15, -0.1) is 0 Å². The van der Waals surface area contributed by atoms with Crippen molar-refractivity contribution in [2.75, 3.05) is 6.54 Å². The number of fused-ring (bicyclic) bond motifs is 1. The van der Waals surface area contributed by atoms with E-state index in [2.05, 4.69) is 10.8 Å². The first kappa shape index (κ1) is 12.3. The fourth-order valence-corrected chi connectivity index (χ4v) is 3.36. The maximum absolute atomic E-state index is 12.0. The van der Waals surface area contributed by atoms with Crippen molar-refractivity contribution in [2.24, 2.45) is 0 Å². The minimum Gasteiger partial charge on any atom is -0.212 e. The van der Waals surface area contributed by atoms with E-state index in [1.54, 1.807) is 13.0 Å². The van der Waals surface area contributed by atoms with Gasteiger partial charge in [-0.3, -0.25) is 0 Å². The molecule has 0 heterocycles. The molecular formula is C13H17NO2S. The highest BCUT2D eigenvalue weighted by atomic mass is 32.2. The summed E-state index contributed by atoms with van der Waals surface area (Å²) in [6.45, 7) is 2.23. The van der Waals surface area contributed by atoms with Gasteiger partial charge in [-0.1, -0.05) is 31.2 Å². The van der Waals surface area contributed by atoms with E-state index in [9.17, 15) is 8.42 Å². The van der Waals surface area contributed by atoms with E-state index in [0.717, 1.165) is 18.4 Å². The smallest absolute Gasteiger partial charge is 0.212 e. The Morgan fingerprint density at radius 1 is 1.24 bits per heavy atom. The van der Waals surface area contributed by atoms with Crippen LogP contribution in [0.3, 0.4) is 0 Å². The lowest BCUT2D eigenvalue weighted by molar-refractivity contribution is 0.588. The normalized spacial score (nSPS) is 15.9. The molecule has 1 aromatic rings. The zero-order valence-electron chi connectivity index (χ0n) is 9.94. The van der Waals surface area contributed by atoms with Crippen LogP contribution in [-0.2, 0) is 16.4 Å². The topological polar surface area (TPSA) is 46.2 Å². The summed E-state index contributed by atoms with van der Waals surface area (Å²) in [5, 5.41) is 0. The van der Waals surface area contributed by atoms with Crippen molar-refractivity contribution in [1.29, 1.82) is 0 Å². The second kappa shape index (κ2) is 5.02. The summed E-state index contributed by atoms with van der Waals surface area (Å²) in [5.41, 5.74) is 2.26. The van der Waals surface area contributed by atoms with Crippen LogP contribution in [0.15, 0.2) is 29.2 Å². The molecular weight excluding hydrogens is 234 g/mol. The van der Waals surface area contributed by atoms with Gasteiger partial charge in [-0.2, -0.15) is 0 Å². The van der Waals surface area contributed by atoms with Crippen LogP contribution < -0.4 is 4.72 Å². The molecule has 0 spiro atoms. The van der Waals surface area contributed by atoms with Crippen LogP contribution in [0.4, 0.5) is 0 Å². The molecule has 2 rings (SSSR count). The maximum atomic E-state index is 12.0. The van der Waals surface area contributed by atoms with Gasteiger partial charge in [-0.05, 0) is 36.5 Å². The summed E-state index contributed by atoms with van der Waals surface area (Å²) in [6, 6.07) is 7.98. The van der Waals surface area contributed by atoms with Gasteiger partial charge in [0, 0.05) is 6.54 Å². The highest BCUT2D eigenvalue weighted by molar-refractivity contribution is 7.93. The third-order valence-electron chi connectivity index (χ3n) is 2.92. The Morgan fingerprint density at radius 3 is 2.76 bits per heavy atom. The minimum atomic E-state index is -3.29. The zero-order valence-corrected chi connectivity index (χ0v) is 10.8. The summed E-state index contributed by atoms with van der Waals surface area (Å²) < 4.78 is 26.5. The molecule has 0 aliphatic heterocycles. The van der Waals surface area contributed by atoms with Crippen molar-refractivity contribution in [3.8, 4) is 0 Å². The van der Waals surface area contributed by atoms with Crippen LogP contribution in [-0.4, -0.2) is 15.0 Å². The summed E-state index contributed by atoms with van der Waals surface area (Å²) in [5.74, 6) is 0. The molecule has 3 nitrogen and oxygen atoms in total. The predicted molar refractivity (Wildman–Crippen MR) is 70.0 cm³/mol. The number of rotatable bonds is 3. The van der Waals surface area contributed by atoms with Gasteiger partial charge in [0.15, 0.2) is 0 Å². The molecule has 92 valence electrons. The first-order chi connectivity index (χ1) is 8.13. The van der Waals surface area contributed by atoms with Crippen LogP contribution in [0.2, 0.25) is 0 Å². The van der Waals surface area contributed by atoms with Gasteiger partial charge in [0.2, 0.25) is 10.0 Å². The fraction of sp³-hybridized carbons (Fsp3) is 0.385. The summed E-state index contributed by atoms with van der Waals surface area (Å²) in [6.07, 6.45) is 4.25. The molecule has 1 aliphatic rings. The van der Waals surface area contributed by atoms with E-state index in [1.807, 2.05) is 18.2 Å². The third kappa shape index (κ3) is 2.76. The highest BCUT2D eigenvalue weighted by Crippen LogP contribution is 2.25. The maximum Gasteiger partial charge on any atom is 0.236 e. The van der Waals surface area contributed by atoms with Crippen LogP contribution >= 0.6 is 0 Å². The first-order valence-corrected chi connectivity index (χ1v) is 7.40. The van der Waals surface area contributed by atoms with E-state index < -0.39 is 10.0 Å². The Morgan fingerprint density at radius 2 is 2.00 bits per heavy atom. The van der Waals surface area contributed by atoms with Gasteiger partial charge < -0.3 is 0 Å². The molecule has 0 saturated carbocycles. The van der Waals surface area contributed by atoms with Crippen molar-refractivity contribution >= 4 is 16.1 Å². The van der Waals surface area contributed by atoms with E-state index in [4.69, 9.17) is 0 Å². The highest BCUT2D eigenvalue weighted by Gasteiger charge is 2.19. The van der Waals surface area contributed by atoms with Gasteiger partial charge in [0.05, 0.1) is 4.91 Å². The number of hydrogen-bond donors (Lipinski definition) is 1. The molecule has 0 fully saturated rings. The summed E-state index contributed by atoms with van der Waals surface area (Å²) >= 11 is 0. The molecule has 0 bridgehead atoms. The molecule has 17 heavy (non-hydrogen) atoms. The van der Waals surface area contributed by atoms with Gasteiger partial charge in [0.25, 0.3) is 0 Å². The number of benzene rings is 1. The van der Waals surface area contributed by atoms with E-state index in [1.165, 1.54) is 5.56 Å². The molecule has 1 aromatic carbocycles. The Balaban J connectivity index is 2.41. The fourth-order valence-electron chi connectivity index (χ4n) is 2.10. The van der Waals surface area contributed by atoms with Crippen molar-refractivity contribution in [1.82, 2.24) is 4.72 Å². The van der Waals surface area contributed by atoms with Gasteiger partial charge in [0.1, 0.15) is 0 Å². The number of nitrogens with one attached hydrogen (secondary N) is 1. The molecule has 0 aromatic heterocycles. The van der Waals surface area contributed by atoms with E-state index >= 15 is 0 Å². The van der Waals surface area contributed by atoms with E-state index in [-0.39, 0.29) is 0 Å². The number of hydrogen-bond acceptors (Lipinski definition) is 2. The second-order valence-corrected chi connectivity index (χ2v) is 5.98. The summed E-state index contributed by atoms with van der Waals surface area (Å²) in [7, 11) is -3.29. The quantitative estimate of drug-likeness (QED) is 0.896. The summed E-state index contributed by atoms with van der Waals surface area (Å²) in [4.78, 5) is 0.504. The molecule has 0 atom stereocenters. The van der Waals surface area contributed by atoms with Crippen LogP contribution in [0.1, 0.15) is 30.9 Å². The third-order valence-corrected chi connectivity index (χ3v) is 4.60. The molecule has 4 heteroatoms. The van der Waals surface area contributed by atoms with Crippen molar-refractivity contribution in [3.63, 3.8) is 0 Å². The van der Waals surface area contributed by atoms with Crippen molar-refractivity contribution in [2.45, 2.75) is 26.2 Å². The Hall–Kier alpha value is -1.13. The largest absolute Gasteiger partial charge is 0.236 e. The number of sulfonamides is 1. The van der Waals surface area contributed by atoms with Gasteiger partial charge >= 0.3 is 0 Å². The first-order valence-electron chi connectivity index (χ1n) is 5.91. The molecule has 0 amide bonds. The SMILES string of the molecule is CCNS(=O)(=O)C1=Cc2ccccc2CCC1. The predicted octanol–water partition coefficient (Wildman–Crippen LogP) is 2.30. The molecule has 0 unspecified atom stereocenters. The second-order valence-electron chi connectivity index (χ2n) is 4.16. The monoisotopic (exact) mass is 251 g/mol. The number of aryl methyl sites for hydroxylation is 1. The molecule has 1 N–H and O–H groups in total. The van der Waals surface area contributed by atoms with Crippen LogP contribution in [0.25, 0.3) is 6.08 Å². The lowest BCUT2D eigenvalue weighted by atomic mass is 10.1. The standard InChI is InChI=1S/C13H17NO2S/c1-2-14-17(15,16)13-9-5-8-11-6-3-4-7-12(11)10-13/h3-4,6-7,10,14H,2,5,8-9H2,1H3. The van der Waals surface area contributed by atoms with Crippen molar-refractivity contribution in [3.05, 3.63) is 40.3 Å². The molecule has 1 aliphatic carbocycles. The molecule has 0 radical (unpaired) electrons. The Labute approximate surface area is 103 Å². The lowest BCUT2D eigenvalue weighted by Gasteiger charge is -2.07. The average Bonchev–Trinajstić information content (AvgIpc) is 2.51. The Bertz CT molecular complexity index is 532. The number of allylic oxidation sites excluding steroid dienone is 1. The lowest BCUT2D eigenvalue weighted by Crippen LogP contribution is -2.24. The molecule has 0 saturated heterocycles. The minimum absolute atomic E-state index is 0.432. The van der Waals surface area contributed by atoms with Gasteiger partial charge in [-0.25, -0.2) is 13.1 Å². The van der Waals surface area contributed by atoms with Crippen LogP contribution in [0.5, 0.6) is 0 Å². The zero-order chi connectivity index (χ0) is 12.3. The van der Waals surface area contributed by atoms with Crippen molar-refractivity contribution < 1.29 is 8.42 Å². The van der Waals surface area contributed by atoms with E-state index in [0.29, 0.717) is 17.9 Å². The average molecular weight is 251 g/mol. The Kier molecular flexibility index (Phi) is 3.64.